The van der Waals surface area contributed by atoms with Gasteiger partial charge in [0.1, 0.15) is 0 Å². The zero-order valence-electron chi connectivity index (χ0n) is 12.6. The third kappa shape index (κ3) is 4.45. The number of rotatable bonds is 4. The van der Waals surface area contributed by atoms with E-state index in [2.05, 4.69) is 22.8 Å². The molecule has 21 heavy (non-hydrogen) atoms. The summed E-state index contributed by atoms with van der Waals surface area (Å²) in [6.07, 6.45) is 6.93. The predicted molar refractivity (Wildman–Crippen MR) is 83.8 cm³/mol. The van der Waals surface area contributed by atoms with Crippen LogP contribution in [0.25, 0.3) is 0 Å². The molecule has 2 amide bonds. The Balaban J connectivity index is 1.99. The summed E-state index contributed by atoms with van der Waals surface area (Å²) in [5.41, 5.74) is 1.74. The van der Waals surface area contributed by atoms with Crippen molar-refractivity contribution in [2.45, 2.75) is 39.2 Å². The van der Waals surface area contributed by atoms with Gasteiger partial charge in [0.2, 0.25) is 11.8 Å². The second-order valence-corrected chi connectivity index (χ2v) is 5.52. The van der Waals surface area contributed by atoms with Crippen LogP contribution >= 0.6 is 0 Å². The first-order valence-electron chi connectivity index (χ1n) is 7.39. The molecule has 4 heteroatoms. The van der Waals surface area contributed by atoms with Crippen LogP contribution in [-0.4, -0.2) is 11.8 Å². The van der Waals surface area contributed by atoms with E-state index in [0.29, 0.717) is 0 Å². The van der Waals surface area contributed by atoms with Gasteiger partial charge in [0.05, 0.1) is 6.04 Å². The molecule has 0 bridgehead atoms. The molecule has 2 rings (SSSR count). The van der Waals surface area contributed by atoms with E-state index >= 15 is 0 Å². The van der Waals surface area contributed by atoms with Crippen molar-refractivity contribution in [3.05, 3.63) is 42.0 Å². The maximum absolute atomic E-state index is 12.2. The molecule has 0 heterocycles. The number of nitrogens with one attached hydrogen (secondary N) is 2. The van der Waals surface area contributed by atoms with Crippen molar-refractivity contribution in [1.29, 1.82) is 0 Å². The SMILES string of the molecule is CC(=O)Nc1cccc([C@@H](C)NC(=O)[C@H]2CC=CCC2)c1. The first-order chi connectivity index (χ1) is 10.1. The third-order valence-corrected chi connectivity index (χ3v) is 3.71. The molecule has 0 spiro atoms. The van der Waals surface area contributed by atoms with Gasteiger partial charge in [0, 0.05) is 18.5 Å². The summed E-state index contributed by atoms with van der Waals surface area (Å²) in [5, 5.41) is 5.82. The van der Waals surface area contributed by atoms with Crippen molar-refractivity contribution in [2.75, 3.05) is 5.32 Å². The number of hydrogen-bond donors (Lipinski definition) is 2. The van der Waals surface area contributed by atoms with Crippen LogP contribution in [-0.2, 0) is 9.59 Å². The van der Waals surface area contributed by atoms with Crippen LogP contribution in [0, 0.1) is 5.92 Å². The minimum Gasteiger partial charge on any atom is -0.349 e. The summed E-state index contributed by atoms with van der Waals surface area (Å²) in [6.45, 7) is 3.44. The molecule has 0 aromatic heterocycles. The number of amides is 2. The molecular weight excluding hydrogens is 264 g/mol. The maximum atomic E-state index is 12.2. The highest BCUT2D eigenvalue weighted by Crippen LogP contribution is 2.21. The lowest BCUT2D eigenvalue weighted by molar-refractivity contribution is -0.125. The number of allylic oxidation sites excluding steroid dienone is 2. The van der Waals surface area contributed by atoms with Crippen molar-refractivity contribution in [2.24, 2.45) is 5.92 Å². The number of carbonyl (C=O) groups is 2. The van der Waals surface area contributed by atoms with Crippen LogP contribution in [0.2, 0.25) is 0 Å². The molecule has 0 radical (unpaired) electrons. The largest absolute Gasteiger partial charge is 0.349 e. The molecule has 1 aliphatic carbocycles. The van der Waals surface area contributed by atoms with Crippen LogP contribution in [0.1, 0.15) is 44.7 Å². The summed E-state index contributed by atoms with van der Waals surface area (Å²) in [7, 11) is 0. The Morgan fingerprint density at radius 1 is 1.29 bits per heavy atom. The van der Waals surface area contributed by atoms with Gasteiger partial charge in [-0.2, -0.15) is 0 Å². The lowest BCUT2D eigenvalue weighted by Gasteiger charge is -2.21. The van der Waals surface area contributed by atoms with Crippen LogP contribution < -0.4 is 10.6 Å². The van der Waals surface area contributed by atoms with Gasteiger partial charge in [-0.15, -0.1) is 0 Å². The zero-order valence-corrected chi connectivity index (χ0v) is 12.6. The fraction of sp³-hybridized carbons (Fsp3) is 0.412. The lowest BCUT2D eigenvalue weighted by atomic mass is 9.93. The summed E-state index contributed by atoms with van der Waals surface area (Å²) in [4.78, 5) is 23.3. The van der Waals surface area contributed by atoms with Gasteiger partial charge in [-0.25, -0.2) is 0 Å². The monoisotopic (exact) mass is 286 g/mol. The first-order valence-corrected chi connectivity index (χ1v) is 7.39. The minimum atomic E-state index is -0.0992. The van der Waals surface area contributed by atoms with E-state index < -0.39 is 0 Å². The Bertz CT molecular complexity index is 551. The second kappa shape index (κ2) is 7.07. The van der Waals surface area contributed by atoms with Gasteiger partial charge < -0.3 is 10.6 Å². The van der Waals surface area contributed by atoms with Gasteiger partial charge in [0.25, 0.3) is 0 Å². The summed E-state index contributed by atoms with van der Waals surface area (Å²) >= 11 is 0. The topological polar surface area (TPSA) is 58.2 Å². The Hall–Kier alpha value is -2.10. The van der Waals surface area contributed by atoms with Gasteiger partial charge in [0.15, 0.2) is 0 Å². The average Bonchev–Trinajstić information content (AvgIpc) is 2.47. The molecule has 1 aliphatic rings. The van der Waals surface area contributed by atoms with Gasteiger partial charge in [-0.1, -0.05) is 24.3 Å². The molecule has 2 atom stereocenters. The van der Waals surface area contributed by atoms with Crippen molar-refractivity contribution in [1.82, 2.24) is 5.32 Å². The Labute approximate surface area is 125 Å². The third-order valence-electron chi connectivity index (χ3n) is 3.71. The van der Waals surface area contributed by atoms with Crippen molar-refractivity contribution in [3.63, 3.8) is 0 Å². The Morgan fingerprint density at radius 2 is 2.10 bits per heavy atom. The first kappa shape index (κ1) is 15.3. The van der Waals surface area contributed by atoms with Crippen LogP contribution in [0.4, 0.5) is 5.69 Å². The van der Waals surface area contributed by atoms with Gasteiger partial charge in [-0.3, -0.25) is 9.59 Å². The van der Waals surface area contributed by atoms with Crippen LogP contribution in [0.3, 0.4) is 0 Å². The van der Waals surface area contributed by atoms with E-state index in [4.69, 9.17) is 0 Å². The second-order valence-electron chi connectivity index (χ2n) is 5.52. The van der Waals surface area contributed by atoms with Crippen LogP contribution in [0.5, 0.6) is 0 Å². The van der Waals surface area contributed by atoms with Crippen molar-refractivity contribution < 1.29 is 9.59 Å². The lowest BCUT2D eigenvalue weighted by Crippen LogP contribution is -2.33. The summed E-state index contributed by atoms with van der Waals surface area (Å²) in [6, 6.07) is 7.50. The van der Waals surface area contributed by atoms with E-state index in [1.807, 2.05) is 31.2 Å². The fourth-order valence-corrected chi connectivity index (χ4v) is 2.54. The van der Waals surface area contributed by atoms with E-state index in [9.17, 15) is 9.59 Å². The van der Waals surface area contributed by atoms with Gasteiger partial charge in [-0.05, 0) is 43.9 Å². The zero-order chi connectivity index (χ0) is 15.2. The summed E-state index contributed by atoms with van der Waals surface area (Å²) < 4.78 is 0. The van der Waals surface area contributed by atoms with Crippen molar-refractivity contribution in [3.8, 4) is 0 Å². The van der Waals surface area contributed by atoms with E-state index in [1.54, 1.807) is 0 Å². The maximum Gasteiger partial charge on any atom is 0.223 e. The molecule has 0 unspecified atom stereocenters. The molecule has 0 saturated carbocycles. The standard InChI is InChI=1S/C17H22N2O2/c1-12(18-17(21)14-7-4-3-5-8-14)15-9-6-10-16(11-15)19-13(2)20/h3-4,6,9-12,14H,5,7-8H2,1-2H3,(H,18,21)(H,19,20)/t12-,14+/m1/s1. The van der Waals surface area contributed by atoms with Gasteiger partial charge >= 0.3 is 0 Å². The molecule has 1 aromatic carbocycles. The van der Waals surface area contributed by atoms with E-state index in [-0.39, 0.29) is 23.8 Å². The highest BCUT2D eigenvalue weighted by atomic mass is 16.2. The molecular formula is C17H22N2O2. The minimum absolute atomic E-state index is 0.0721. The highest BCUT2D eigenvalue weighted by Gasteiger charge is 2.20. The van der Waals surface area contributed by atoms with E-state index in [1.165, 1.54) is 6.92 Å². The molecule has 2 N–H and O–H groups in total. The fourth-order valence-electron chi connectivity index (χ4n) is 2.54. The molecule has 0 saturated heterocycles. The molecule has 112 valence electrons. The quantitative estimate of drug-likeness (QED) is 0.835. The Morgan fingerprint density at radius 3 is 2.76 bits per heavy atom. The molecule has 1 aromatic rings. The normalized spacial score (nSPS) is 18.9. The smallest absolute Gasteiger partial charge is 0.223 e. The van der Waals surface area contributed by atoms with Crippen molar-refractivity contribution >= 4 is 17.5 Å². The molecule has 0 fully saturated rings. The number of benzene rings is 1. The summed E-state index contributed by atoms with van der Waals surface area (Å²) in [5.74, 6) is 0.0885. The number of carbonyl (C=O) groups excluding carboxylic acids is 2. The van der Waals surface area contributed by atoms with Crippen LogP contribution in [0.15, 0.2) is 36.4 Å². The average molecular weight is 286 g/mol. The predicted octanol–water partition coefficient (Wildman–Crippen LogP) is 3.18. The molecule has 0 aliphatic heterocycles. The number of anilines is 1. The highest BCUT2D eigenvalue weighted by molar-refractivity contribution is 5.88. The molecule has 4 nitrogen and oxygen atoms in total. The number of hydrogen-bond acceptors (Lipinski definition) is 2. The Kier molecular flexibility index (Phi) is 5.14. The van der Waals surface area contributed by atoms with E-state index in [0.717, 1.165) is 30.5 Å².